The van der Waals surface area contributed by atoms with Gasteiger partial charge in [0.15, 0.2) is 17.4 Å². The molecule has 0 bridgehead atoms. The molecule has 0 spiro atoms. The third kappa shape index (κ3) is 4.69. The van der Waals surface area contributed by atoms with Gasteiger partial charge in [0.25, 0.3) is 0 Å². The summed E-state index contributed by atoms with van der Waals surface area (Å²) in [7, 11) is 2.01. The number of ketones is 1. The van der Waals surface area contributed by atoms with Gasteiger partial charge in [-0.1, -0.05) is 12.1 Å². The molecule has 1 fully saturated rings. The number of amides is 2. The average Bonchev–Trinajstić information content (AvgIpc) is 2.66. The van der Waals surface area contributed by atoms with Crippen LogP contribution in [0.5, 0.6) is 0 Å². The zero-order valence-corrected chi connectivity index (χ0v) is 15.3. The first kappa shape index (κ1) is 19.9. The Morgan fingerprint density at radius 2 is 1.75 bits per heavy atom. The lowest BCUT2D eigenvalue weighted by atomic mass is 9.89. The number of nitrogens with zero attached hydrogens (tertiary/aromatic N) is 1. The second kappa shape index (κ2) is 8.43. The molecule has 8 heteroatoms. The van der Waals surface area contributed by atoms with Gasteiger partial charge < -0.3 is 15.5 Å². The maximum absolute atomic E-state index is 13.7. The Morgan fingerprint density at radius 3 is 2.46 bits per heavy atom. The Balaban J connectivity index is 1.67. The van der Waals surface area contributed by atoms with Gasteiger partial charge in [0, 0.05) is 29.3 Å². The molecule has 0 saturated carbocycles. The fourth-order valence-electron chi connectivity index (χ4n) is 3.19. The Kier molecular flexibility index (Phi) is 5.99. The number of likely N-dealkylation sites (tertiary alicyclic amines) is 1. The van der Waals surface area contributed by atoms with Crippen LogP contribution in [0.1, 0.15) is 23.2 Å². The van der Waals surface area contributed by atoms with Crippen molar-refractivity contribution in [3.8, 4) is 0 Å². The number of carbonyl (C=O) groups is 2. The first-order chi connectivity index (χ1) is 13.3. The summed E-state index contributed by atoms with van der Waals surface area (Å²) in [6.45, 7) is 1.71. The third-order valence-corrected chi connectivity index (χ3v) is 4.74. The van der Waals surface area contributed by atoms with Crippen LogP contribution in [0.3, 0.4) is 0 Å². The number of nitrogens with one attached hydrogen (secondary N) is 2. The van der Waals surface area contributed by atoms with Crippen LogP contribution in [0.15, 0.2) is 36.4 Å². The van der Waals surface area contributed by atoms with Gasteiger partial charge in [-0.3, -0.25) is 4.79 Å². The molecular formula is C20H20F3N3O2. The molecule has 1 aliphatic heterocycles. The van der Waals surface area contributed by atoms with Gasteiger partial charge in [-0.2, -0.15) is 0 Å². The minimum Gasteiger partial charge on any atom is -0.308 e. The van der Waals surface area contributed by atoms with Gasteiger partial charge in [0.1, 0.15) is 5.82 Å². The number of rotatable bonds is 4. The van der Waals surface area contributed by atoms with E-state index >= 15 is 0 Å². The first-order valence-electron chi connectivity index (χ1n) is 8.89. The highest BCUT2D eigenvalue weighted by Gasteiger charge is 2.24. The summed E-state index contributed by atoms with van der Waals surface area (Å²) < 4.78 is 40.1. The molecule has 0 aliphatic carbocycles. The Hall–Kier alpha value is -2.87. The number of halogens is 3. The molecule has 1 saturated heterocycles. The van der Waals surface area contributed by atoms with Crippen molar-refractivity contribution >= 4 is 23.2 Å². The Labute approximate surface area is 160 Å². The minimum absolute atomic E-state index is 0.00963. The summed E-state index contributed by atoms with van der Waals surface area (Å²) in [6, 6.07) is 6.57. The highest BCUT2D eigenvalue weighted by Crippen LogP contribution is 2.23. The van der Waals surface area contributed by atoms with Crippen molar-refractivity contribution in [2.24, 2.45) is 5.92 Å². The van der Waals surface area contributed by atoms with E-state index in [0.717, 1.165) is 25.9 Å². The molecule has 0 unspecified atom stereocenters. The number of piperidine rings is 1. The second-order valence-corrected chi connectivity index (χ2v) is 6.85. The standard InChI is InChI=1S/C20H20F3N3O2/c1-26-7-5-12(6-8-26)19(27)13-3-2-4-15(9-13)24-20(28)25-17-11-14(21)10-16(22)18(17)23/h2-4,9-12H,5-8H2,1H3,(H2,24,25,28). The molecule has 2 N–H and O–H groups in total. The van der Waals surface area contributed by atoms with E-state index in [1.54, 1.807) is 18.2 Å². The van der Waals surface area contributed by atoms with E-state index in [1.807, 2.05) is 7.05 Å². The molecule has 28 heavy (non-hydrogen) atoms. The van der Waals surface area contributed by atoms with Crippen LogP contribution in [-0.4, -0.2) is 36.9 Å². The molecule has 0 aromatic heterocycles. The molecule has 3 rings (SSSR count). The molecule has 1 heterocycles. The SMILES string of the molecule is CN1CCC(C(=O)c2cccc(NC(=O)Nc3cc(F)cc(F)c3F)c2)CC1. The van der Waals surface area contributed by atoms with E-state index in [0.29, 0.717) is 23.4 Å². The fourth-order valence-corrected chi connectivity index (χ4v) is 3.19. The topological polar surface area (TPSA) is 61.4 Å². The number of hydrogen-bond donors (Lipinski definition) is 2. The van der Waals surface area contributed by atoms with Crippen molar-refractivity contribution in [3.05, 3.63) is 59.4 Å². The molecular weight excluding hydrogens is 371 g/mol. The minimum atomic E-state index is -1.40. The predicted molar refractivity (Wildman–Crippen MR) is 100.0 cm³/mol. The van der Waals surface area contributed by atoms with Crippen LogP contribution in [0.4, 0.5) is 29.3 Å². The summed E-state index contributed by atoms with van der Waals surface area (Å²) in [4.78, 5) is 26.9. The lowest BCUT2D eigenvalue weighted by Crippen LogP contribution is -2.33. The molecule has 0 atom stereocenters. The van der Waals surface area contributed by atoms with Crippen molar-refractivity contribution in [2.45, 2.75) is 12.8 Å². The summed E-state index contributed by atoms with van der Waals surface area (Å²) in [5, 5.41) is 4.50. The van der Waals surface area contributed by atoms with Gasteiger partial charge in [0.05, 0.1) is 5.69 Å². The van der Waals surface area contributed by atoms with Gasteiger partial charge in [-0.15, -0.1) is 0 Å². The number of carbonyl (C=O) groups excluding carboxylic acids is 2. The summed E-state index contributed by atoms with van der Waals surface area (Å²) in [5.74, 6) is -3.83. The van der Waals surface area contributed by atoms with Gasteiger partial charge in [0.2, 0.25) is 0 Å². The lowest BCUT2D eigenvalue weighted by Gasteiger charge is -2.28. The maximum atomic E-state index is 13.7. The molecule has 0 radical (unpaired) electrons. The first-order valence-corrected chi connectivity index (χ1v) is 8.89. The van der Waals surface area contributed by atoms with E-state index in [4.69, 9.17) is 0 Å². The molecule has 2 aromatic rings. The van der Waals surface area contributed by atoms with Crippen molar-refractivity contribution < 1.29 is 22.8 Å². The fraction of sp³-hybridized carbons (Fsp3) is 0.300. The van der Waals surface area contributed by atoms with Crippen LogP contribution in [0.25, 0.3) is 0 Å². The van der Waals surface area contributed by atoms with E-state index in [-0.39, 0.29) is 11.7 Å². The van der Waals surface area contributed by atoms with E-state index in [2.05, 4.69) is 15.5 Å². The molecule has 5 nitrogen and oxygen atoms in total. The average molecular weight is 391 g/mol. The maximum Gasteiger partial charge on any atom is 0.323 e. The van der Waals surface area contributed by atoms with Gasteiger partial charge >= 0.3 is 6.03 Å². The smallest absolute Gasteiger partial charge is 0.308 e. The lowest BCUT2D eigenvalue weighted by molar-refractivity contribution is 0.0857. The Bertz CT molecular complexity index is 896. The van der Waals surface area contributed by atoms with Crippen molar-refractivity contribution in [1.82, 2.24) is 4.90 Å². The quantitative estimate of drug-likeness (QED) is 0.604. The van der Waals surface area contributed by atoms with Crippen molar-refractivity contribution in [1.29, 1.82) is 0 Å². The predicted octanol–water partition coefficient (Wildman–Crippen LogP) is 4.27. The van der Waals surface area contributed by atoms with Gasteiger partial charge in [-0.05, 0) is 45.1 Å². The van der Waals surface area contributed by atoms with Crippen LogP contribution in [0, 0.1) is 23.4 Å². The van der Waals surface area contributed by atoms with Crippen LogP contribution < -0.4 is 10.6 Å². The number of urea groups is 1. The van der Waals surface area contributed by atoms with Crippen LogP contribution in [-0.2, 0) is 0 Å². The number of Topliss-reactive ketones (excluding diaryl/α,β-unsaturated/α-hetero) is 1. The Morgan fingerprint density at radius 1 is 1.04 bits per heavy atom. The monoisotopic (exact) mass is 391 g/mol. The molecule has 148 valence electrons. The van der Waals surface area contributed by atoms with E-state index in [9.17, 15) is 22.8 Å². The molecule has 1 aliphatic rings. The summed E-state index contributed by atoms with van der Waals surface area (Å²) >= 11 is 0. The zero-order chi connectivity index (χ0) is 20.3. The normalized spacial score (nSPS) is 15.3. The van der Waals surface area contributed by atoms with Gasteiger partial charge in [-0.25, -0.2) is 18.0 Å². The number of anilines is 2. The summed E-state index contributed by atoms with van der Waals surface area (Å²) in [6.07, 6.45) is 1.55. The number of benzene rings is 2. The van der Waals surface area contributed by atoms with Crippen molar-refractivity contribution in [2.75, 3.05) is 30.8 Å². The van der Waals surface area contributed by atoms with E-state index < -0.39 is 29.2 Å². The number of hydrogen-bond acceptors (Lipinski definition) is 3. The second-order valence-electron chi connectivity index (χ2n) is 6.85. The van der Waals surface area contributed by atoms with Crippen LogP contribution >= 0.6 is 0 Å². The van der Waals surface area contributed by atoms with E-state index in [1.165, 1.54) is 6.07 Å². The molecule has 2 aromatic carbocycles. The third-order valence-electron chi connectivity index (χ3n) is 4.74. The highest BCUT2D eigenvalue weighted by atomic mass is 19.2. The highest BCUT2D eigenvalue weighted by molar-refractivity contribution is 6.02. The largest absolute Gasteiger partial charge is 0.323 e. The summed E-state index contributed by atoms with van der Waals surface area (Å²) in [5.41, 5.74) is 0.164. The van der Waals surface area contributed by atoms with Crippen molar-refractivity contribution in [3.63, 3.8) is 0 Å². The zero-order valence-electron chi connectivity index (χ0n) is 15.3. The molecule has 2 amide bonds. The van der Waals surface area contributed by atoms with Crippen LogP contribution in [0.2, 0.25) is 0 Å².